The van der Waals surface area contributed by atoms with Crippen LogP contribution in [0.4, 0.5) is 0 Å². The molecular formula is C19H26N4O2. The summed E-state index contributed by atoms with van der Waals surface area (Å²) in [5.74, 6) is 0.890. The highest BCUT2D eigenvalue weighted by molar-refractivity contribution is 5.92. The SMILES string of the molecule is COc1ccc2c(c1)CCN(C(=O)c1ccn(CCN(C)C)n1)CC2. The summed E-state index contributed by atoms with van der Waals surface area (Å²) in [6.07, 6.45) is 3.60. The fourth-order valence-electron chi connectivity index (χ4n) is 3.10. The zero-order valence-corrected chi connectivity index (χ0v) is 15.2. The molecule has 1 aromatic heterocycles. The number of rotatable bonds is 5. The molecule has 1 aliphatic heterocycles. The van der Waals surface area contributed by atoms with Gasteiger partial charge in [-0.1, -0.05) is 6.07 Å². The minimum atomic E-state index is 0.0170. The summed E-state index contributed by atoms with van der Waals surface area (Å²) < 4.78 is 7.15. The summed E-state index contributed by atoms with van der Waals surface area (Å²) in [4.78, 5) is 16.8. The Bertz CT molecular complexity index is 739. The first kappa shape index (κ1) is 17.5. The Hall–Kier alpha value is -2.34. The van der Waals surface area contributed by atoms with E-state index in [4.69, 9.17) is 4.74 Å². The van der Waals surface area contributed by atoms with E-state index in [9.17, 15) is 4.79 Å². The third-order valence-corrected chi connectivity index (χ3v) is 4.64. The Labute approximate surface area is 149 Å². The number of fused-ring (bicyclic) bond motifs is 1. The fourth-order valence-corrected chi connectivity index (χ4v) is 3.10. The van der Waals surface area contributed by atoms with Crippen LogP contribution in [0.15, 0.2) is 30.5 Å². The van der Waals surface area contributed by atoms with Crippen LogP contribution in [-0.2, 0) is 19.4 Å². The lowest BCUT2D eigenvalue weighted by atomic mass is 10.0. The highest BCUT2D eigenvalue weighted by Crippen LogP contribution is 2.22. The van der Waals surface area contributed by atoms with E-state index in [1.807, 2.05) is 42.0 Å². The summed E-state index contributed by atoms with van der Waals surface area (Å²) in [6, 6.07) is 8.00. The Kier molecular flexibility index (Phi) is 5.38. The van der Waals surface area contributed by atoms with Gasteiger partial charge in [0.2, 0.25) is 0 Å². The van der Waals surface area contributed by atoms with Crippen LogP contribution in [0.1, 0.15) is 21.6 Å². The number of benzene rings is 1. The second kappa shape index (κ2) is 7.70. The molecule has 0 saturated heterocycles. The first-order valence-corrected chi connectivity index (χ1v) is 8.70. The van der Waals surface area contributed by atoms with Gasteiger partial charge in [-0.2, -0.15) is 5.10 Å². The van der Waals surface area contributed by atoms with Gasteiger partial charge >= 0.3 is 0 Å². The summed E-state index contributed by atoms with van der Waals surface area (Å²) in [7, 11) is 5.74. The number of amides is 1. The maximum atomic E-state index is 12.8. The molecule has 0 spiro atoms. The summed E-state index contributed by atoms with van der Waals surface area (Å²) in [5, 5.41) is 4.44. The van der Waals surface area contributed by atoms with E-state index in [1.54, 1.807) is 7.11 Å². The molecular weight excluding hydrogens is 316 g/mol. The minimum absolute atomic E-state index is 0.0170. The number of carbonyl (C=O) groups excluding carboxylic acids is 1. The van der Waals surface area contributed by atoms with Crippen LogP contribution < -0.4 is 4.74 Å². The van der Waals surface area contributed by atoms with Crippen LogP contribution in [0.5, 0.6) is 5.75 Å². The molecule has 0 aliphatic carbocycles. The molecule has 6 nitrogen and oxygen atoms in total. The van der Waals surface area contributed by atoms with E-state index >= 15 is 0 Å². The fraction of sp³-hybridized carbons (Fsp3) is 0.474. The molecule has 3 rings (SSSR count). The van der Waals surface area contributed by atoms with E-state index in [-0.39, 0.29) is 5.91 Å². The standard InChI is InChI=1S/C19H26N4O2/c1-21(2)12-13-23-11-8-18(20-23)19(24)22-9-6-15-4-5-17(25-3)14-16(15)7-10-22/h4-5,8,11,14H,6-7,9-10,12-13H2,1-3H3. The van der Waals surface area contributed by atoms with Crippen LogP contribution >= 0.6 is 0 Å². The van der Waals surface area contributed by atoms with Gasteiger partial charge in [-0.05, 0) is 56.3 Å². The first-order chi connectivity index (χ1) is 12.1. The van der Waals surface area contributed by atoms with Crippen LogP contribution in [0.25, 0.3) is 0 Å². The quantitative estimate of drug-likeness (QED) is 0.830. The van der Waals surface area contributed by atoms with Gasteiger partial charge in [0, 0.05) is 25.8 Å². The van der Waals surface area contributed by atoms with Crippen molar-refractivity contribution in [3.63, 3.8) is 0 Å². The molecule has 0 fully saturated rings. The Morgan fingerprint density at radius 2 is 1.96 bits per heavy atom. The molecule has 6 heteroatoms. The van der Waals surface area contributed by atoms with Gasteiger partial charge < -0.3 is 14.5 Å². The monoisotopic (exact) mass is 342 g/mol. The van der Waals surface area contributed by atoms with Crippen molar-refractivity contribution in [2.75, 3.05) is 40.8 Å². The molecule has 134 valence electrons. The third kappa shape index (κ3) is 4.20. The van der Waals surface area contributed by atoms with Crippen molar-refractivity contribution in [1.29, 1.82) is 0 Å². The van der Waals surface area contributed by atoms with Gasteiger partial charge in [0.1, 0.15) is 11.4 Å². The molecule has 0 N–H and O–H groups in total. The zero-order valence-electron chi connectivity index (χ0n) is 15.2. The second-order valence-corrected chi connectivity index (χ2v) is 6.69. The summed E-state index contributed by atoms with van der Waals surface area (Å²) in [6.45, 7) is 3.12. The van der Waals surface area contributed by atoms with Crippen LogP contribution in [-0.4, -0.2) is 66.3 Å². The van der Waals surface area contributed by atoms with Crippen molar-refractivity contribution < 1.29 is 9.53 Å². The Balaban J connectivity index is 1.66. The minimum Gasteiger partial charge on any atom is -0.497 e. The molecule has 25 heavy (non-hydrogen) atoms. The average Bonchev–Trinajstić information content (AvgIpc) is 2.99. The van der Waals surface area contributed by atoms with Gasteiger partial charge in [-0.25, -0.2) is 0 Å². The van der Waals surface area contributed by atoms with Gasteiger partial charge in [0.15, 0.2) is 0 Å². The highest BCUT2D eigenvalue weighted by Gasteiger charge is 2.21. The van der Waals surface area contributed by atoms with E-state index < -0.39 is 0 Å². The average molecular weight is 342 g/mol. The Morgan fingerprint density at radius 1 is 1.20 bits per heavy atom. The largest absolute Gasteiger partial charge is 0.497 e. The molecule has 2 aromatic rings. The predicted molar refractivity (Wildman–Crippen MR) is 97.1 cm³/mol. The third-order valence-electron chi connectivity index (χ3n) is 4.64. The molecule has 2 heterocycles. The first-order valence-electron chi connectivity index (χ1n) is 8.70. The molecule has 0 saturated carbocycles. The van der Waals surface area contributed by atoms with Crippen molar-refractivity contribution in [3.8, 4) is 5.75 Å². The van der Waals surface area contributed by atoms with E-state index in [0.29, 0.717) is 12.2 Å². The number of hydrogen-bond donors (Lipinski definition) is 0. The molecule has 0 atom stereocenters. The highest BCUT2D eigenvalue weighted by atomic mass is 16.5. The second-order valence-electron chi connectivity index (χ2n) is 6.69. The van der Waals surface area contributed by atoms with Crippen molar-refractivity contribution >= 4 is 5.91 Å². The number of hydrogen-bond acceptors (Lipinski definition) is 4. The molecule has 0 bridgehead atoms. The predicted octanol–water partition coefficient (Wildman–Crippen LogP) is 1.69. The maximum absolute atomic E-state index is 12.8. The van der Waals surface area contributed by atoms with E-state index in [1.165, 1.54) is 11.1 Å². The van der Waals surface area contributed by atoms with Crippen LogP contribution in [0.2, 0.25) is 0 Å². The smallest absolute Gasteiger partial charge is 0.274 e. The molecule has 1 aliphatic rings. The van der Waals surface area contributed by atoms with Crippen molar-refractivity contribution in [1.82, 2.24) is 19.6 Å². The van der Waals surface area contributed by atoms with Crippen molar-refractivity contribution in [2.45, 2.75) is 19.4 Å². The van der Waals surface area contributed by atoms with E-state index in [2.05, 4.69) is 22.1 Å². The van der Waals surface area contributed by atoms with Crippen molar-refractivity contribution in [2.24, 2.45) is 0 Å². The van der Waals surface area contributed by atoms with Crippen molar-refractivity contribution in [3.05, 3.63) is 47.3 Å². The number of likely N-dealkylation sites (N-methyl/N-ethyl adjacent to an activating group) is 1. The van der Waals surface area contributed by atoms with Gasteiger partial charge in [-0.3, -0.25) is 9.48 Å². The van der Waals surface area contributed by atoms with Gasteiger partial charge in [0.05, 0.1) is 13.7 Å². The lowest BCUT2D eigenvalue weighted by molar-refractivity contribution is 0.0756. The number of ether oxygens (including phenoxy) is 1. The van der Waals surface area contributed by atoms with Gasteiger partial charge in [0.25, 0.3) is 5.91 Å². The number of carbonyl (C=O) groups is 1. The topological polar surface area (TPSA) is 50.6 Å². The van der Waals surface area contributed by atoms with Gasteiger partial charge in [-0.15, -0.1) is 0 Å². The molecule has 1 amide bonds. The summed E-state index contributed by atoms with van der Waals surface area (Å²) >= 11 is 0. The molecule has 0 unspecified atom stereocenters. The zero-order chi connectivity index (χ0) is 17.8. The number of aromatic nitrogens is 2. The van der Waals surface area contributed by atoms with Crippen LogP contribution in [0.3, 0.4) is 0 Å². The number of nitrogens with zero attached hydrogens (tertiary/aromatic N) is 4. The maximum Gasteiger partial charge on any atom is 0.274 e. The lowest BCUT2D eigenvalue weighted by Gasteiger charge is -2.18. The normalized spacial score (nSPS) is 14.3. The van der Waals surface area contributed by atoms with E-state index in [0.717, 1.165) is 38.2 Å². The van der Waals surface area contributed by atoms with Crippen LogP contribution in [0, 0.1) is 0 Å². The lowest BCUT2D eigenvalue weighted by Crippen LogP contribution is -2.33. The number of methoxy groups -OCH3 is 1. The molecule has 0 radical (unpaired) electrons. The summed E-state index contributed by atoms with van der Waals surface area (Å²) in [5.41, 5.74) is 3.10. The Morgan fingerprint density at radius 3 is 2.68 bits per heavy atom. The molecule has 1 aromatic carbocycles.